The second-order valence-corrected chi connectivity index (χ2v) is 6.33. The molecule has 130 valence electrons. The fourth-order valence-corrected chi connectivity index (χ4v) is 2.98. The highest BCUT2D eigenvalue weighted by Crippen LogP contribution is 2.34. The summed E-state index contributed by atoms with van der Waals surface area (Å²) in [6.07, 6.45) is -0.892. The van der Waals surface area contributed by atoms with Crippen molar-refractivity contribution < 1.29 is 22.5 Å². The van der Waals surface area contributed by atoms with Crippen LogP contribution in [0.1, 0.15) is 17.2 Å². The molecule has 2 aromatic rings. The van der Waals surface area contributed by atoms with Gasteiger partial charge in [0.15, 0.2) is 17.7 Å². The normalized spacial score (nSPS) is 16.9. The van der Waals surface area contributed by atoms with Gasteiger partial charge in [-0.25, -0.2) is 8.78 Å². The van der Waals surface area contributed by atoms with Crippen LogP contribution < -0.4 is 5.73 Å². The monoisotopic (exact) mass is 383 g/mol. The summed E-state index contributed by atoms with van der Waals surface area (Å²) in [6, 6.07) is 10.1. The van der Waals surface area contributed by atoms with Crippen LogP contribution in [0.25, 0.3) is 0 Å². The van der Waals surface area contributed by atoms with Gasteiger partial charge in [-0.15, -0.1) is 0 Å². The van der Waals surface area contributed by atoms with Gasteiger partial charge in [0.25, 0.3) is 0 Å². The zero-order valence-electron chi connectivity index (χ0n) is 12.7. The number of ketones is 1. The molecule has 25 heavy (non-hydrogen) atoms. The van der Waals surface area contributed by atoms with Crippen molar-refractivity contribution in [2.45, 2.75) is 11.9 Å². The molecule has 2 aromatic carbocycles. The van der Waals surface area contributed by atoms with E-state index in [1.54, 1.807) is 24.3 Å². The van der Waals surface area contributed by atoms with Crippen molar-refractivity contribution in [1.29, 1.82) is 0 Å². The number of halogens is 3. The highest BCUT2D eigenvalue weighted by molar-refractivity contribution is 7.94. The molecule has 3 rings (SSSR count). The molecule has 0 aromatic heterocycles. The van der Waals surface area contributed by atoms with Crippen molar-refractivity contribution in [3.05, 3.63) is 81.9 Å². The summed E-state index contributed by atoms with van der Waals surface area (Å²) in [5.41, 5.74) is 6.82. The number of benzene rings is 2. The molecule has 4 nitrogen and oxygen atoms in total. The molecule has 1 atom stereocenters. The second kappa shape index (κ2) is 7.33. The quantitative estimate of drug-likeness (QED) is 0.782. The van der Waals surface area contributed by atoms with E-state index in [0.717, 1.165) is 24.2 Å². The molecule has 0 saturated carbocycles. The minimum absolute atomic E-state index is 0.104. The number of ether oxygens (including phenoxy) is 1. The lowest BCUT2D eigenvalue weighted by Gasteiger charge is -2.09. The molecule has 1 unspecified atom stereocenters. The van der Waals surface area contributed by atoms with E-state index in [0.29, 0.717) is 16.1 Å². The first-order valence-corrected chi connectivity index (χ1v) is 8.44. The summed E-state index contributed by atoms with van der Waals surface area (Å²) in [5.74, 6) is -2.31. The van der Waals surface area contributed by atoms with Crippen LogP contribution in [-0.2, 0) is 19.5 Å². The Morgan fingerprint density at radius 2 is 1.88 bits per heavy atom. The van der Waals surface area contributed by atoms with E-state index in [9.17, 15) is 13.6 Å². The molecule has 0 spiro atoms. The summed E-state index contributed by atoms with van der Waals surface area (Å²) in [4.78, 5) is 12.4. The summed E-state index contributed by atoms with van der Waals surface area (Å²) in [7, 11) is 0. The van der Waals surface area contributed by atoms with Gasteiger partial charge in [-0.1, -0.05) is 29.8 Å². The van der Waals surface area contributed by atoms with E-state index in [1.165, 1.54) is 6.07 Å². The molecule has 2 N–H and O–H groups in total. The largest absolute Gasteiger partial charge is 0.460 e. The van der Waals surface area contributed by atoms with E-state index in [1.807, 2.05) is 0 Å². The Bertz CT molecular complexity index is 842. The van der Waals surface area contributed by atoms with Crippen LogP contribution in [0.3, 0.4) is 0 Å². The van der Waals surface area contributed by atoms with E-state index in [2.05, 4.69) is 0 Å². The maximum Gasteiger partial charge on any atom is 0.249 e. The van der Waals surface area contributed by atoms with Gasteiger partial charge in [0.1, 0.15) is 0 Å². The van der Waals surface area contributed by atoms with Crippen molar-refractivity contribution in [1.82, 2.24) is 0 Å². The Kier molecular flexibility index (Phi) is 5.15. The number of hydrogen-bond donors (Lipinski definition) is 1. The van der Waals surface area contributed by atoms with Gasteiger partial charge in [0.05, 0.1) is 17.8 Å². The standard InChI is InChI=1S/C17H12ClF2NO3S/c18-11-4-2-10(3-5-11)15-14(22)16(17(21)23-15)24-25-8-9-1-6-12(19)13(20)7-9/h1-7,15H,8,21H2. The van der Waals surface area contributed by atoms with Crippen LogP contribution >= 0.6 is 23.6 Å². The second-order valence-electron chi connectivity index (χ2n) is 5.20. The molecule has 0 fully saturated rings. The lowest BCUT2D eigenvalue weighted by Crippen LogP contribution is -2.10. The maximum absolute atomic E-state index is 13.2. The number of hydrogen-bond acceptors (Lipinski definition) is 5. The van der Waals surface area contributed by atoms with Gasteiger partial charge in [0.2, 0.25) is 17.4 Å². The lowest BCUT2D eigenvalue weighted by atomic mass is 10.1. The Hall–Kier alpha value is -2.25. The van der Waals surface area contributed by atoms with Crippen LogP contribution in [0.4, 0.5) is 8.78 Å². The van der Waals surface area contributed by atoms with Crippen LogP contribution in [-0.4, -0.2) is 5.78 Å². The van der Waals surface area contributed by atoms with Crippen LogP contribution in [0, 0.1) is 11.6 Å². The van der Waals surface area contributed by atoms with Crippen molar-refractivity contribution in [2.24, 2.45) is 5.73 Å². The molecule has 1 aliphatic rings. The first-order valence-electron chi connectivity index (χ1n) is 7.15. The van der Waals surface area contributed by atoms with Crippen LogP contribution in [0.2, 0.25) is 5.02 Å². The number of rotatable bonds is 5. The molecule has 0 bridgehead atoms. The molecule has 0 saturated heterocycles. The number of carbonyl (C=O) groups is 1. The fourth-order valence-electron chi connectivity index (χ4n) is 2.20. The third-order valence-corrected chi connectivity index (χ3v) is 4.44. The zero-order valence-corrected chi connectivity index (χ0v) is 14.2. The van der Waals surface area contributed by atoms with Gasteiger partial charge in [-0.2, -0.15) is 0 Å². The topological polar surface area (TPSA) is 61.5 Å². The molecular weight excluding hydrogens is 372 g/mol. The Morgan fingerprint density at radius 1 is 1.16 bits per heavy atom. The summed E-state index contributed by atoms with van der Waals surface area (Å²) in [5, 5.41) is 0.536. The van der Waals surface area contributed by atoms with E-state index in [4.69, 9.17) is 26.3 Å². The van der Waals surface area contributed by atoms with Gasteiger partial charge in [0, 0.05) is 10.6 Å². The summed E-state index contributed by atoms with van der Waals surface area (Å²) >= 11 is 6.70. The fraction of sp³-hybridized carbons (Fsp3) is 0.118. The average Bonchev–Trinajstić information content (AvgIpc) is 2.87. The van der Waals surface area contributed by atoms with E-state index >= 15 is 0 Å². The van der Waals surface area contributed by atoms with Gasteiger partial charge < -0.3 is 14.7 Å². The van der Waals surface area contributed by atoms with Crippen molar-refractivity contribution in [3.8, 4) is 0 Å². The Labute approximate surface area is 151 Å². The van der Waals surface area contributed by atoms with E-state index < -0.39 is 23.5 Å². The molecule has 0 aliphatic carbocycles. The third kappa shape index (κ3) is 3.88. The SMILES string of the molecule is NC1=C(OSCc2ccc(F)c(F)c2)C(=O)C(c2ccc(Cl)cc2)O1. The Morgan fingerprint density at radius 3 is 2.56 bits per heavy atom. The molecule has 1 aliphatic heterocycles. The molecule has 1 heterocycles. The zero-order chi connectivity index (χ0) is 18.0. The van der Waals surface area contributed by atoms with Crippen LogP contribution in [0.15, 0.2) is 54.1 Å². The average molecular weight is 384 g/mol. The highest BCUT2D eigenvalue weighted by atomic mass is 35.5. The lowest BCUT2D eigenvalue weighted by molar-refractivity contribution is -0.122. The summed E-state index contributed by atoms with van der Waals surface area (Å²) in [6.45, 7) is 0. The van der Waals surface area contributed by atoms with Crippen molar-refractivity contribution in [3.63, 3.8) is 0 Å². The van der Waals surface area contributed by atoms with E-state index in [-0.39, 0.29) is 17.4 Å². The van der Waals surface area contributed by atoms with Crippen LogP contribution in [0.5, 0.6) is 0 Å². The van der Waals surface area contributed by atoms with Gasteiger partial charge >= 0.3 is 0 Å². The Balaban J connectivity index is 1.62. The predicted octanol–water partition coefficient (Wildman–Crippen LogP) is 4.25. The number of nitrogens with two attached hydrogens (primary N) is 1. The molecule has 8 heteroatoms. The minimum atomic E-state index is -0.945. The summed E-state index contributed by atoms with van der Waals surface area (Å²) < 4.78 is 36.8. The molecule has 0 amide bonds. The molecular formula is C17H12ClF2NO3S. The number of Topliss-reactive ketones (excluding diaryl/α,β-unsaturated/α-hetero) is 1. The van der Waals surface area contributed by atoms with Crippen molar-refractivity contribution in [2.75, 3.05) is 0 Å². The number of carbonyl (C=O) groups excluding carboxylic acids is 1. The van der Waals surface area contributed by atoms with Gasteiger partial charge in [-0.3, -0.25) is 4.79 Å². The minimum Gasteiger partial charge on any atom is -0.460 e. The van der Waals surface area contributed by atoms with Crippen molar-refractivity contribution >= 4 is 29.4 Å². The highest BCUT2D eigenvalue weighted by Gasteiger charge is 2.37. The first kappa shape index (κ1) is 17.6. The maximum atomic E-state index is 13.2. The third-order valence-electron chi connectivity index (χ3n) is 3.46. The predicted molar refractivity (Wildman–Crippen MR) is 90.2 cm³/mol. The smallest absolute Gasteiger partial charge is 0.249 e. The molecule has 0 radical (unpaired) electrons. The van der Waals surface area contributed by atoms with Gasteiger partial charge in [-0.05, 0) is 29.8 Å². The first-order chi connectivity index (χ1) is 12.0.